The van der Waals surface area contributed by atoms with Crippen molar-refractivity contribution >= 4 is 22.5 Å². The van der Waals surface area contributed by atoms with Crippen LogP contribution in [-0.2, 0) is 0 Å². The van der Waals surface area contributed by atoms with Crippen LogP contribution in [0.4, 0.5) is 11.5 Å². The molecular formula is C12H10N6O2. The predicted molar refractivity (Wildman–Crippen MR) is 72.5 cm³/mol. The zero-order valence-electron chi connectivity index (χ0n) is 10.5. The van der Waals surface area contributed by atoms with Crippen molar-refractivity contribution in [3.63, 3.8) is 0 Å². The molecule has 2 heterocycles. The van der Waals surface area contributed by atoms with Gasteiger partial charge >= 0.3 is 0 Å². The van der Waals surface area contributed by atoms with Gasteiger partial charge in [-0.3, -0.25) is 10.1 Å². The van der Waals surface area contributed by atoms with Crippen LogP contribution in [0.25, 0.3) is 16.7 Å². The van der Waals surface area contributed by atoms with Gasteiger partial charge in [0.15, 0.2) is 5.65 Å². The van der Waals surface area contributed by atoms with Crippen LogP contribution in [0.1, 0.15) is 5.82 Å². The minimum atomic E-state index is -0.455. The first-order valence-electron chi connectivity index (χ1n) is 5.79. The van der Waals surface area contributed by atoms with Crippen molar-refractivity contribution in [3.8, 4) is 5.69 Å². The average molecular weight is 270 g/mol. The molecule has 0 atom stereocenters. The first-order chi connectivity index (χ1) is 9.56. The van der Waals surface area contributed by atoms with Gasteiger partial charge in [0.1, 0.15) is 11.6 Å². The zero-order valence-corrected chi connectivity index (χ0v) is 10.5. The Morgan fingerprint density at radius 3 is 2.90 bits per heavy atom. The number of nitro benzene ring substituents is 1. The molecule has 100 valence electrons. The van der Waals surface area contributed by atoms with E-state index in [1.807, 2.05) is 0 Å². The highest BCUT2D eigenvalue weighted by Crippen LogP contribution is 2.22. The summed E-state index contributed by atoms with van der Waals surface area (Å²) in [7, 11) is 0. The van der Waals surface area contributed by atoms with Gasteiger partial charge in [0.05, 0.1) is 22.2 Å². The normalized spacial score (nSPS) is 10.8. The number of hydrogen-bond donors (Lipinski definition) is 1. The molecule has 0 aliphatic carbocycles. The lowest BCUT2D eigenvalue weighted by atomic mass is 10.3. The Morgan fingerprint density at radius 2 is 2.15 bits per heavy atom. The molecule has 2 aromatic heterocycles. The van der Waals surface area contributed by atoms with Crippen molar-refractivity contribution in [1.29, 1.82) is 0 Å². The number of nitrogens with two attached hydrogens (primary N) is 1. The minimum absolute atomic E-state index is 0.00935. The molecule has 0 aliphatic heterocycles. The highest BCUT2D eigenvalue weighted by Gasteiger charge is 2.13. The Bertz CT molecular complexity index is 826. The molecule has 2 N–H and O–H groups in total. The first kappa shape index (κ1) is 12.0. The Morgan fingerprint density at radius 1 is 1.35 bits per heavy atom. The maximum atomic E-state index is 10.8. The summed E-state index contributed by atoms with van der Waals surface area (Å²) in [6, 6.07) is 6.16. The van der Waals surface area contributed by atoms with E-state index in [-0.39, 0.29) is 5.69 Å². The SMILES string of the molecule is Cc1nc(N)c2cnn(-c3cccc([N+](=O)[O-])c3)c2n1. The molecule has 0 saturated carbocycles. The van der Waals surface area contributed by atoms with E-state index in [1.54, 1.807) is 25.3 Å². The number of rotatable bonds is 2. The molecule has 20 heavy (non-hydrogen) atoms. The summed E-state index contributed by atoms with van der Waals surface area (Å²) in [5, 5.41) is 15.6. The van der Waals surface area contributed by atoms with Gasteiger partial charge in [-0.05, 0) is 13.0 Å². The molecule has 0 unspecified atom stereocenters. The van der Waals surface area contributed by atoms with Crippen LogP contribution in [0.5, 0.6) is 0 Å². The molecule has 0 aliphatic rings. The summed E-state index contributed by atoms with van der Waals surface area (Å²) in [6.07, 6.45) is 1.54. The van der Waals surface area contributed by atoms with Crippen LogP contribution in [0.15, 0.2) is 30.5 Å². The molecule has 0 radical (unpaired) electrons. The summed E-state index contributed by atoms with van der Waals surface area (Å²) in [6.45, 7) is 1.72. The Labute approximate surface area is 113 Å². The lowest BCUT2D eigenvalue weighted by Gasteiger charge is -2.03. The second-order valence-corrected chi connectivity index (χ2v) is 4.23. The predicted octanol–water partition coefficient (Wildman–Crippen LogP) is 1.61. The lowest BCUT2D eigenvalue weighted by molar-refractivity contribution is -0.384. The fourth-order valence-electron chi connectivity index (χ4n) is 1.97. The highest BCUT2D eigenvalue weighted by molar-refractivity contribution is 5.86. The van der Waals surface area contributed by atoms with Crippen molar-refractivity contribution in [2.45, 2.75) is 6.92 Å². The van der Waals surface area contributed by atoms with E-state index in [0.717, 1.165) is 0 Å². The minimum Gasteiger partial charge on any atom is -0.383 e. The van der Waals surface area contributed by atoms with Crippen molar-refractivity contribution in [2.24, 2.45) is 0 Å². The van der Waals surface area contributed by atoms with Crippen molar-refractivity contribution < 1.29 is 4.92 Å². The Kier molecular flexibility index (Phi) is 2.56. The van der Waals surface area contributed by atoms with Crippen LogP contribution < -0.4 is 5.73 Å². The molecule has 8 heteroatoms. The maximum Gasteiger partial charge on any atom is 0.271 e. The van der Waals surface area contributed by atoms with E-state index in [2.05, 4.69) is 15.1 Å². The molecule has 3 rings (SSSR count). The molecular weight excluding hydrogens is 260 g/mol. The maximum absolute atomic E-state index is 10.8. The van der Waals surface area contributed by atoms with Crippen LogP contribution >= 0.6 is 0 Å². The summed E-state index contributed by atoms with van der Waals surface area (Å²) >= 11 is 0. The third-order valence-electron chi connectivity index (χ3n) is 2.85. The van der Waals surface area contributed by atoms with Gasteiger partial charge in [0.25, 0.3) is 5.69 Å². The van der Waals surface area contributed by atoms with E-state index in [0.29, 0.717) is 28.4 Å². The van der Waals surface area contributed by atoms with Gasteiger partial charge in [-0.2, -0.15) is 5.10 Å². The van der Waals surface area contributed by atoms with Crippen LogP contribution in [0.3, 0.4) is 0 Å². The molecule has 0 fully saturated rings. The van der Waals surface area contributed by atoms with Gasteiger partial charge in [-0.15, -0.1) is 0 Å². The number of aryl methyl sites for hydroxylation is 1. The molecule has 0 spiro atoms. The number of nitrogen functional groups attached to an aromatic ring is 1. The fourth-order valence-corrected chi connectivity index (χ4v) is 1.97. The first-order valence-corrected chi connectivity index (χ1v) is 5.79. The summed E-state index contributed by atoms with van der Waals surface area (Å²) in [5.74, 6) is 0.853. The lowest BCUT2D eigenvalue weighted by Crippen LogP contribution is -2.02. The van der Waals surface area contributed by atoms with Crippen molar-refractivity contribution in [2.75, 3.05) is 5.73 Å². The molecule has 3 aromatic rings. The molecule has 0 bridgehead atoms. The number of non-ortho nitro benzene ring substituents is 1. The van der Waals surface area contributed by atoms with Crippen molar-refractivity contribution in [3.05, 3.63) is 46.4 Å². The molecule has 0 saturated heterocycles. The van der Waals surface area contributed by atoms with Crippen LogP contribution in [0, 0.1) is 17.0 Å². The smallest absolute Gasteiger partial charge is 0.271 e. The standard InChI is InChI=1S/C12H10N6O2/c1-7-15-11(13)10-6-14-17(12(10)16-7)8-3-2-4-9(5-8)18(19)20/h2-6H,1H3,(H2,13,15,16). The number of aromatic nitrogens is 4. The third-order valence-corrected chi connectivity index (χ3v) is 2.85. The summed E-state index contributed by atoms with van der Waals surface area (Å²) in [5.41, 5.74) is 6.88. The Hall–Kier alpha value is -3.03. The topological polar surface area (TPSA) is 113 Å². The summed E-state index contributed by atoms with van der Waals surface area (Å²) in [4.78, 5) is 18.7. The molecule has 0 amide bonds. The third kappa shape index (κ3) is 1.83. The quantitative estimate of drug-likeness (QED) is 0.559. The van der Waals surface area contributed by atoms with Gasteiger partial charge in [0.2, 0.25) is 0 Å². The number of hydrogen-bond acceptors (Lipinski definition) is 6. The molecule has 1 aromatic carbocycles. The fraction of sp³-hybridized carbons (Fsp3) is 0.0833. The van der Waals surface area contributed by atoms with E-state index in [1.165, 1.54) is 16.8 Å². The monoisotopic (exact) mass is 270 g/mol. The number of anilines is 1. The second kappa shape index (κ2) is 4.26. The number of nitrogens with zero attached hydrogens (tertiary/aromatic N) is 5. The van der Waals surface area contributed by atoms with E-state index in [4.69, 9.17) is 5.73 Å². The number of nitro groups is 1. The molecule has 8 nitrogen and oxygen atoms in total. The van der Waals surface area contributed by atoms with Crippen LogP contribution in [0.2, 0.25) is 0 Å². The summed E-state index contributed by atoms with van der Waals surface area (Å²) < 4.78 is 1.51. The average Bonchev–Trinajstić information content (AvgIpc) is 2.82. The van der Waals surface area contributed by atoms with Gasteiger partial charge in [-0.1, -0.05) is 6.07 Å². The largest absolute Gasteiger partial charge is 0.383 e. The van der Waals surface area contributed by atoms with Gasteiger partial charge < -0.3 is 5.73 Å². The number of fused-ring (bicyclic) bond motifs is 1. The zero-order chi connectivity index (χ0) is 14.3. The van der Waals surface area contributed by atoms with Gasteiger partial charge in [0, 0.05) is 12.1 Å². The van der Waals surface area contributed by atoms with Crippen molar-refractivity contribution in [1.82, 2.24) is 19.7 Å². The van der Waals surface area contributed by atoms with E-state index in [9.17, 15) is 10.1 Å². The second-order valence-electron chi connectivity index (χ2n) is 4.23. The highest BCUT2D eigenvalue weighted by atomic mass is 16.6. The van der Waals surface area contributed by atoms with Gasteiger partial charge in [-0.25, -0.2) is 14.6 Å². The number of benzene rings is 1. The van der Waals surface area contributed by atoms with E-state index < -0.39 is 4.92 Å². The Balaban J connectivity index is 2.25. The van der Waals surface area contributed by atoms with Crippen LogP contribution in [-0.4, -0.2) is 24.7 Å². The van der Waals surface area contributed by atoms with E-state index >= 15 is 0 Å².